The molecule has 0 saturated carbocycles. The van der Waals surface area contributed by atoms with Crippen molar-refractivity contribution in [1.82, 2.24) is 9.55 Å². The molecule has 0 saturated heterocycles. The number of sulfonamides is 1. The van der Waals surface area contributed by atoms with Crippen LogP contribution in [0.3, 0.4) is 0 Å². The first-order chi connectivity index (χ1) is 19.2. The number of benzene rings is 3. The fraction of sp³-hybridized carbons (Fsp3) is 0.200. The minimum Gasteiger partial charge on any atom is -0.465 e. The number of aromatic nitrogens is 2. The number of halogens is 2. The van der Waals surface area contributed by atoms with Gasteiger partial charge in [-0.25, -0.2) is 18.2 Å². The molecule has 40 heavy (non-hydrogen) atoms. The summed E-state index contributed by atoms with van der Waals surface area (Å²) in [6, 6.07) is 19.6. The molecule has 10 heteroatoms. The van der Waals surface area contributed by atoms with Crippen LogP contribution in [0.5, 0.6) is 0 Å². The molecule has 0 amide bonds. The first-order valence-electron chi connectivity index (χ1n) is 12.7. The average Bonchev–Trinajstić information content (AvgIpc) is 3.33. The third-order valence-electron chi connectivity index (χ3n) is 6.12. The van der Waals surface area contributed by atoms with Gasteiger partial charge in [0, 0.05) is 29.0 Å². The standard InChI is InChI=1S/C30H29Cl2N3O4S/c1-3-4-17-40(37,38)34-25-13-7-21(8-14-25)9-16-29-33-28(26-15-12-24(31)18-27(26)32)20-35(29)19-22-5-10-23(11-6-22)30(36)39-2/h5-16,18,20,34H,3-4,17,19H2,1-2H3/b16-9+. The van der Waals surface area contributed by atoms with Gasteiger partial charge in [-0.3, -0.25) is 4.72 Å². The lowest BCUT2D eigenvalue weighted by molar-refractivity contribution is 0.0600. The first kappa shape index (κ1) is 29.4. The van der Waals surface area contributed by atoms with Gasteiger partial charge in [-0.2, -0.15) is 0 Å². The fourth-order valence-electron chi connectivity index (χ4n) is 3.98. The largest absolute Gasteiger partial charge is 0.465 e. The van der Waals surface area contributed by atoms with Crippen LogP contribution in [0, 0.1) is 0 Å². The number of anilines is 1. The second-order valence-corrected chi connectivity index (χ2v) is 11.8. The van der Waals surface area contributed by atoms with E-state index in [1.807, 2.05) is 60.2 Å². The number of unbranched alkanes of at least 4 members (excludes halogenated alkanes) is 1. The van der Waals surface area contributed by atoms with Crippen LogP contribution in [0.1, 0.15) is 47.1 Å². The predicted octanol–water partition coefficient (Wildman–Crippen LogP) is 7.40. The van der Waals surface area contributed by atoms with Crippen LogP contribution in [-0.4, -0.2) is 36.8 Å². The second-order valence-electron chi connectivity index (χ2n) is 9.15. The van der Waals surface area contributed by atoms with Crippen LogP contribution >= 0.6 is 23.2 Å². The number of methoxy groups -OCH3 is 1. The molecule has 4 rings (SSSR count). The van der Waals surface area contributed by atoms with Crippen molar-refractivity contribution in [3.8, 4) is 11.3 Å². The highest BCUT2D eigenvalue weighted by Crippen LogP contribution is 2.30. The zero-order valence-corrected chi connectivity index (χ0v) is 24.4. The van der Waals surface area contributed by atoms with Crippen LogP contribution < -0.4 is 4.72 Å². The number of esters is 1. The predicted molar refractivity (Wildman–Crippen MR) is 162 cm³/mol. The number of nitrogens with zero attached hydrogens (tertiary/aromatic N) is 2. The number of imidazole rings is 1. The van der Waals surface area contributed by atoms with Gasteiger partial charge < -0.3 is 9.30 Å². The van der Waals surface area contributed by atoms with Gasteiger partial charge in [-0.1, -0.05) is 66.9 Å². The van der Waals surface area contributed by atoms with Crippen molar-refractivity contribution >= 4 is 57.0 Å². The first-order valence-corrected chi connectivity index (χ1v) is 15.1. The Morgan fingerprint density at radius 2 is 1.75 bits per heavy atom. The summed E-state index contributed by atoms with van der Waals surface area (Å²) in [6.45, 7) is 2.45. The molecule has 4 aromatic rings. The van der Waals surface area contributed by atoms with Crippen molar-refractivity contribution in [2.24, 2.45) is 0 Å². The monoisotopic (exact) mass is 597 g/mol. The zero-order chi connectivity index (χ0) is 28.7. The van der Waals surface area contributed by atoms with E-state index in [9.17, 15) is 13.2 Å². The van der Waals surface area contributed by atoms with Crippen molar-refractivity contribution in [3.05, 3.63) is 105 Å². The fourth-order valence-corrected chi connectivity index (χ4v) is 5.75. The Hall–Kier alpha value is -3.59. The highest BCUT2D eigenvalue weighted by Gasteiger charge is 2.13. The molecule has 0 aliphatic heterocycles. The maximum Gasteiger partial charge on any atom is 0.337 e. The zero-order valence-electron chi connectivity index (χ0n) is 22.1. The number of hydrogen-bond acceptors (Lipinski definition) is 5. The smallest absolute Gasteiger partial charge is 0.337 e. The number of ether oxygens (including phenoxy) is 1. The maximum atomic E-state index is 12.2. The summed E-state index contributed by atoms with van der Waals surface area (Å²) in [6.07, 6.45) is 7.13. The van der Waals surface area contributed by atoms with E-state index >= 15 is 0 Å². The Morgan fingerprint density at radius 1 is 1.02 bits per heavy atom. The topological polar surface area (TPSA) is 90.3 Å². The number of rotatable bonds is 11. The third kappa shape index (κ3) is 7.75. The molecule has 208 valence electrons. The molecule has 0 aliphatic rings. The van der Waals surface area contributed by atoms with Gasteiger partial charge in [0.15, 0.2) is 0 Å². The van der Waals surface area contributed by atoms with Crippen molar-refractivity contribution < 1.29 is 17.9 Å². The molecule has 1 heterocycles. The van der Waals surface area contributed by atoms with Gasteiger partial charge >= 0.3 is 5.97 Å². The van der Waals surface area contributed by atoms with E-state index in [1.54, 1.807) is 36.4 Å². The maximum absolute atomic E-state index is 12.2. The molecule has 0 spiro atoms. The molecule has 1 aromatic heterocycles. The molecule has 0 fully saturated rings. The quantitative estimate of drug-likeness (QED) is 0.182. The van der Waals surface area contributed by atoms with Crippen LogP contribution in [0.2, 0.25) is 10.0 Å². The van der Waals surface area contributed by atoms with E-state index < -0.39 is 16.0 Å². The molecule has 7 nitrogen and oxygen atoms in total. The number of nitrogens with one attached hydrogen (secondary N) is 1. The Kier molecular flexibility index (Phi) is 9.68. The van der Waals surface area contributed by atoms with Crippen LogP contribution in [-0.2, 0) is 21.3 Å². The Labute approximate surface area is 244 Å². The summed E-state index contributed by atoms with van der Waals surface area (Å²) in [5.41, 5.74) is 4.27. The van der Waals surface area contributed by atoms with Crippen molar-refractivity contribution in [1.29, 1.82) is 0 Å². The molecular weight excluding hydrogens is 569 g/mol. The van der Waals surface area contributed by atoms with Gasteiger partial charge in [0.2, 0.25) is 10.0 Å². The lowest BCUT2D eigenvalue weighted by atomic mass is 10.1. The molecule has 1 N–H and O–H groups in total. The van der Waals surface area contributed by atoms with E-state index in [1.165, 1.54) is 7.11 Å². The third-order valence-corrected chi connectivity index (χ3v) is 8.04. The summed E-state index contributed by atoms with van der Waals surface area (Å²) in [5, 5.41) is 1.03. The van der Waals surface area contributed by atoms with Crippen LogP contribution in [0.4, 0.5) is 5.69 Å². The van der Waals surface area contributed by atoms with Crippen LogP contribution in [0.15, 0.2) is 72.9 Å². The SMILES string of the molecule is CCCCS(=O)(=O)Nc1ccc(/C=C/c2nc(-c3ccc(Cl)cc3Cl)cn2Cc2ccc(C(=O)OC)cc2)cc1. The molecule has 0 radical (unpaired) electrons. The molecule has 0 unspecified atom stereocenters. The van der Waals surface area contributed by atoms with Gasteiger partial charge in [-0.05, 0) is 66.1 Å². The minimum absolute atomic E-state index is 0.0964. The lowest BCUT2D eigenvalue weighted by Crippen LogP contribution is -2.16. The normalized spacial score (nSPS) is 11.6. The van der Waals surface area contributed by atoms with Gasteiger partial charge in [0.25, 0.3) is 0 Å². The van der Waals surface area contributed by atoms with Gasteiger partial charge in [0.1, 0.15) is 5.82 Å². The highest BCUT2D eigenvalue weighted by atomic mass is 35.5. The van der Waals surface area contributed by atoms with Gasteiger partial charge in [0.05, 0.1) is 29.1 Å². The highest BCUT2D eigenvalue weighted by molar-refractivity contribution is 7.92. The lowest BCUT2D eigenvalue weighted by Gasteiger charge is -2.08. The molecule has 0 bridgehead atoms. The minimum atomic E-state index is -3.37. The summed E-state index contributed by atoms with van der Waals surface area (Å²) < 4.78 is 33.8. The molecular formula is C30H29Cl2N3O4S. The van der Waals surface area contributed by atoms with Crippen molar-refractivity contribution in [2.75, 3.05) is 17.6 Å². The molecule has 0 atom stereocenters. The van der Waals surface area contributed by atoms with Gasteiger partial charge in [-0.15, -0.1) is 0 Å². The van der Waals surface area contributed by atoms with E-state index in [-0.39, 0.29) is 5.75 Å². The van der Waals surface area contributed by atoms with E-state index in [2.05, 4.69) is 4.72 Å². The Morgan fingerprint density at radius 3 is 2.40 bits per heavy atom. The summed E-state index contributed by atoms with van der Waals surface area (Å²) in [5.74, 6) is 0.388. The van der Waals surface area contributed by atoms with Crippen molar-refractivity contribution in [2.45, 2.75) is 26.3 Å². The molecule has 3 aromatic carbocycles. The number of hydrogen-bond donors (Lipinski definition) is 1. The second kappa shape index (κ2) is 13.2. The van der Waals surface area contributed by atoms with E-state index in [0.29, 0.717) is 45.8 Å². The van der Waals surface area contributed by atoms with E-state index in [4.69, 9.17) is 32.9 Å². The average molecular weight is 599 g/mol. The van der Waals surface area contributed by atoms with E-state index in [0.717, 1.165) is 23.1 Å². The van der Waals surface area contributed by atoms with Crippen LogP contribution in [0.25, 0.3) is 23.4 Å². The Bertz CT molecular complexity index is 1610. The summed E-state index contributed by atoms with van der Waals surface area (Å²) in [7, 11) is -2.01. The summed E-state index contributed by atoms with van der Waals surface area (Å²) >= 11 is 12.6. The molecule has 0 aliphatic carbocycles. The number of carbonyl (C=O) groups is 1. The summed E-state index contributed by atoms with van der Waals surface area (Å²) in [4.78, 5) is 16.6. The number of carbonyl (C=O) groups excluding carboxylic acids is 1. The Balaban J connectivity index is 1.60. The van der Waals surface area contributed by atoms with Crippen molar-refractivity contribution in [3.63, 3.8) is 0 Å².